The lowest BCUT2D eigenvalue weighted by Gasteiger charge is -2.32. The molecule has 6 heteroatoms. The second-order valence-corrected chi connectivity index (χ2v) is 7.20. The van der Waals surface area contributed by atoms with Gasteiger partial charge in [0, 0.05) is 50.3 Å². The number of piperazine rings is 1. The van der Waals surface area contributed by atoms with Gasteiger partial charge in [0.1, 0.15) is 11.5 Å². The summed E-state index contributed by atoms with van der Waals surface area (Å²) in [5, 5.41) is 10.2. The van der Waals surface area contributed by atoms with E-state index in [2.05, 4.69) is 16.8 Å². The molecule has 0 radical (unpaired) electrons. The summed E-state index contributed by atoms with van der Waals surface area (Å²) in [5.41, 5.74) is 1.86. The van der Waals surface area contributed by atoms with E-state index in [1.54, 1.807) is 43.5 Å². The van der Waals surface area contributed by atoms with Gasteiger partial charge in [-0.3, -0.25) is 14.5 Å². The molecule has 1 saturated heterocycles. The Balaban J connectivity index is 1.66. The molecule has 1 aliphatic rings. The number of carbonyl (C=O) groups is 2. The Labute approximate surface area is 165 Å². The van der Waals surface area contributed by atoms with Crippen molar-refractivity contribution >= 4 is 11.6 Å². The molecule has 28 heavy (non-hydrogen) atoms. The van der Waals surface area contributed by atoms with E-state index >= 15 is 0 Å². The van der Waals surface area contributed by atoms with Crippen LogP contribution in [0.5, 0.6) is 11.5 Å². The van der Waals surface area contributed by atoms with Crippen LogP contribution < -0.4 is 4.74 Å². The fourth-order valence-electron chi connectivity index (χ4n) is 3.29. The second-order valence-electron chi connectivity index (χ2n) is 7.20. The van der Waals surface area contributed by atoms with E-state index in [1.165, 1.54) is 0 Å². The van der Waals surface area contributed by atoms with Crippen molar-refractivity contribution in [2.75, 3.05) is 40.3 Å². The molecule has 1 fully saturated rings. The van der Waals surface area contributed by atoms with E-state index in [0.717, 1.165) is 37.3 Å². The van der Waals surface area contributed by atoms with Gasteiger partial charge >= 0.3 is 0 Å². The summed E-state index contributed by atoms with van der Waals surface area (Å²) in [4.78, 5) is 29.4. The Hall–Kier alpha value is -2.70. The number of ketones is 2. The summed E-state index contributed by atoms with van der Waals surface area (Å²) in [5.74, 6) is -0.134. The summed E-state index contributed by atoms with van der Waals surface area (Å²) in [7, 11) is 3.65. The normalized spacial score (nSPS) is 15.4. The molecule has 2 aromatic rings. The lowest BCUT2D eigenvalue weighted by Crippen LogP contribution is -2.43. The van der Waals surface area contributed by atoms with Gasteiger partial charge in [-0.15, -0.1) is 0 Å². The molecule has 0 atom stereocenters. The average Bonchev–Trinajstić information content (AvgIpc) is 2.71. The number of nitrogens with zero attached hydrogens (tertiary/aromatic N) is 2. The Morgan fingerprint density at radius 1 is 1.04 bits per heavy atom. The van der Waals surface area contributed by atoms with Crippen LogP contribution in [0.2, 0.25) is 0 Å². The first kappa shape index (κ1) is 20.0. The van der Waals surface area contributed by atoms with E-state index in [-0.39, 0.29) is 12.2 Å². The maximum absolute atomic E-state index is 12.4. The van der Waals surface area contributed by atoms with Gasteiger partial charge in [-0.1, -0.05) is 12.1 Å². The molecule has 1 heterocycles. The Bertz CT molecular complexity index is 840. The minimum atomic E-state index is -0.517. The lowest BCUT2D eigenvalue weighted by atomic mass is 9.99. The van der Waals surface area contributed by atoms with Crippen LogP contribution in [0.25, 0.3) is 0 Å². The maximum Gasteiger partial charge on any atom is 0.228 e. The van der Waals surface area contributed by atoms with Gasteiger partial charge in [0.25, 0.3) is 0 Å². The Morgan fingerprint density at radius 3 is 2.36 bits per heavy atom. The zero-order valence-corrected chi connectivity index (χ0v) is 16.4. The van der Waals surface area contributed by atoms with E-state index in [0.29, 0.717) is 17.9 Å². The molecule has 0 spiro atoms. The second kappa shape index (κ2) is 8.99. The molecular weight excluding hydrogens is 356 g/mol. The number of benzene rings is 2. The van der Waals surface area contributed by atoms with Gasteiger partial charge in [0.15, 0.2) is 0 Å². The zero-order valence-electron chi connectivity index (χ0n) is 16.4. The van der Waals surface area contributed by atoms with Crippen molar-refractivity contribution in [3.63, 3.8) is 0 Å². The summed E-state index contributed by atoms with van der Waals surface area (Å²) < 4.78 is 5.07. The van der Waals surface area contributed by atoms with E-state index in [4.69, 9.17) is 4.74 Å². The molecular formula is C22H26N2O4. The first-order valence-electron chi connectivity index (χ1n) is 9.39. The molecule has 3 rings (SSSR count). The van der Waals surface area contributed by atoms with Crippen molar-refractivity contribution in [3.8, 4) is 11.5 Å². The number of Topliss-reactive ketones (excluding diaryl/α,β-unsaturated/α-hetero) is 2. The van der Waals surface area contributed by atoms with E-state index < -0.39 is 11.6 Å². The van der Waals surface area contributed by atoms with Crippen LogP contribution in [0.4, 0.5) is 0 Å². The van der Waals surface area contributed by atoms with Crippen LogP contribution in [-0.4, -0.2) is 66.8 Å². The highest BCUT2D eigenvalue weighted by Crippen LogP contribution is 2.22. The van der Waals surface area contributed by atoms with Crippen LogP contribution in [0.3, 0.4) is 0 Å². The first-order chi connectivity index (χ1) is 13.5. The lowest BCUT2D eigenvalue weighted by molar-refractivity contribution is -0.114. The average molecular weight is 382 g/mol. The van der Waals surface area contributed by atoms with Crippen molar-refractivity contribution in [2.24, 2.45) is 0 Å². The third kappa shape index (κ3) is 4.97. The Kier molecular flexibility index (Phi) is 6.44. The van der Waals surface area contributed by atoms with Gasteiger partial charge in [-0.05, 0) is 42.9 Å². The van der Waals surface area contributed by atoms with Crippen LogP contribution in [0.1, 0.15) is 21.5 Å². The van der Waals surface area contributed by atoms with Crippen LogP contribution >= 0.6 is 0 Å². The van der Waals surface area contributed by atoms with E-state index in [9.17, 15) is 14.7 Å². The molecule has 148 valence electrons. The predicted octanol–water partition coefficient (Wildman–Crippen LogP) is 2.14. The smallest absolute Gasteiger partial charge is 0.228 e. The minimum Gasteiger partial charge on any atom is -0.508 e. The third-order valence-electron chi connectivity index (χ3n) is 5.10. The standard InChI is InChI=1S/C22H26N2O4/c1-23-9-11-24(12-10-23)15-18-13-16(3-8-20(18)25)14-21(26)22(27)17-4-6-19(28-2)7-5-17/h3-8,13,25H,9-12,14-15H2,1-2H3. The molecule has 0 unspecified atom stereocenters. The van der Waals surface area contributed by atoms with Crippen molar-refractivity contribution in [2.45, 2.75) is 13.0 Å². The van der Waals surface area contributed by atoms with Crippen LogP contribution in [0, 0.1) is 0 Å². The SMILES string of the molecule is COc1ccc(C(=O)C(=O)Cc2ccc(O)c(CN3CCN(C)CC3)c2)cc1. The number of phenols is 1. The number of aromatic hydroxyl groups is 1. The molecule has 0 bridgehead atoms. The van der Waals surface area contributed by atoms with Gasteiger partial charge in [-0.2, -0.15) is 0 Å². The van der Waals surface area contributed by atoms with E-state index in [1.807, 2.05) is 6.07 Å². The van der Waals surface area contributed by atoms with Gasteiger partial charge < -0.3 is 14.7 Å². The fourth-order valence-corrected chi connectivity index (χ4v) is 3.29. The highest BCUT2D eigenvalue weighted by molar-refractivity contribution is 6.44. The zero-order chi connectivity index (χ0) is 20.1. The summed E-state index contributed by atoms with van der Waals surface area (Å²) in [6.45, 7) is 4.50. The molecule has 1 N–H and O–H groups in total. The number of methoxy groups -OCH3 is 1. The van der Waals surface area contributed by atoms with Crippen LogP contribution in [0.15, 0.2) is 42.5 Å². The molecule has 2 aromatic carbocycles. The molecule has 0 amide bonds. The maximum atomic E-state index is 12.4. The fraction of sp³-hybridized carbons (Fsp3) is 0.364. The van der Waals surface area contributed by atoms with Crippen LogP contribution in [-0.2, 0) is 17.8 Å². The highest BCUT2D eigenvalue weighted by atomic mass is 16.5. The first-order valence-corrected chi connectivity index (χ1v) is 9.39. The van der Waals surface area contributed by atoms with Crippen molar-refractivity contribution in [1.82, 2.24) is 9.80 Å². The monoisotopic (exact) mass is 382 g/mol. The molecule has 0 aliphatic carbocycles. The molecule has 6 nitrogen and oxygen atoms in total. The van der Waals surface area contributed by atoms with Crippen molar-refractivity contribution < 1.29 is 19.4 Å². The number of carbonyl (C=O) groups excluding carboxylic acids is 2. The summed E-state index contributed by atoms with van der Waals surface area (Å²) in [6.07, 6.45) is 0.0148. The number of rotatable bonds is 7. The number of phenolic OH excluding ortho intramolecular Hbond substituents is 1. The molecule has 0 aromatic heterocycles. The highest BCUT2D eigenvalue weighted by Gasteiger charge is 2.19. The minimum absolute atomic E-state index is 0.0148. The number of ether oxygens (including phenoxy) is 1. The van der Waals surface area contributed by atoms with Gasteiger partial charge in [0.2, 0.25) is 11.6 Å². The predicted molar refractivity (Wildman–Crippen MR) is 107 cm³/mol. The largest absolute Gasteiger partial charge is 0.508 e. The van der Waals surface area contributed by atoms with Crippen molar-refractivity contribution in [1.29, 1.82) is 0 Å². The van der Waals surface area contributed by atoms with Crippen molar-refractivity contribution in [3.05, 3.63) is 59.2 Å². The number of hydrogen-bond donors (Lipinski definition) is 1. The summed E-state index contributed by atoms with van der Waals surface area (Å²) >= 11 is 0. The molecule has 1 aliphatic heterocycles. The van der Waals surface area contributed by atoms with Gasteiger partial charge in [-0.25, -0.2) is 0 Å². The third-order valence-corrected chi connectivity index (χ3v) is 5.10. The topological polar surface area (TPSA) is 70.1 Å². The molecule has 0 saturated carbocycles. The quantitative estimate of drug-likeness (QED) is 0.585. The number of hydrogen-bond acceptors (Lipinski definition) is 6. The summed E-state index contributed by atoms with van der Waals surface area (Å²) in [6, 6.07) is 11.6. The van der Waals surface area contributed by atoms with Gasteiger partial charge in [0.05, 0.1) is 7.11 Å². The number of likely N-dealkylation sites (N-methyl/N-ethyl adjacent to an activating group) is 1. The Morgan fingerprint density at radius 2 is 1.71 bits per heavy atom.